The molecule has 1 aromatic carbocycles. The lowest BCUT2D eigenvalue weighted by atomic mass is 10.2. The highest BCUT2D eigenvalue weighted by molar-refractivity contribution is 5.56. The molecule has 1 heterocycles. The predicted octanol–water partition coefficient (Wildman–Crippen LogP) is 0.850. The third-order valence-electron chi connectivity index (χ3n) is 2.91. The van der Waals surface area contributed by atoms with Crippen LogP contribution in [-0.2, 0) is 4.74 Å². The molecule has 0 spiro atoms. The van der Waals surface area contributed by atoms with E-state index in [0.29, 0.717) is 23.6 Å². The fourth-order valence-corrected chi connectivity index (χ4v) is 1.90. The first-order valence-electron chi connectivity index (χ1n) is 5.91. The summed E-state index contributed by atoms with van der Waals surface area (Å²) >= 11 is 0. The molecule has 96 valence electrons. The van der Waals surface area contributed by atoms with Crippen LogP contribution in [0.4, 0.5) is 5.69 Å². The van der Waals surface area contributed by atoms with E-state index in [1.54, 1.807) is 18.2 Å². The predicted molar refractivity (Wildman–Crippen MR) is 68.3 cm³/mol. The molecular formula is C13H17N3O2. The van der Waals surface area contributed by atoms with Gasteiger partial charge in [0.15, 0.2) is 0 Å². The first-order valence-corrected chi connectivity index (χ1v) is 5.91. The van der Waals surface area contributed by atoms with E-state index in [1.165, 1.54) is 0 Å². The van der Waals surface area contributed by atoms with Gasteiger partial charge in [0.1, 0.15) is 18.5 Å². The van der Waals surface area contributed by atoms with Crippen LogP contribution < -0.4 is 10.5 Å². The quantitative estimate of drug-likeness (QED) is 0.802. The Morgan fingerprint density at radius 2 is 2.44 bits per heavy atom. The van der Waals surface area contributed by atoms with Crippen LogP contribution in [0.1, 0.15) is 5.56 Å². The van der Waals surface area contributed by atoms with Crippen LogP contribution in [0.15, 0.2) is 18.2 Å². The second-order valence-electron chi connectivity index (χ2n) is 4.43. The fourth-order valence-electron chi connectivity index (χ4n) is 1.90. The lowest BCUT2D eigenvalue weighted by Gasteiger charge is -2.29. The van der Waals surface area contributed by atoms with E-state index in [1.807, 2.05) is 6.07 Å². The topological polar surface area (TPSA) is 71.5 Å². The number of morpholine rings is 1. The molecule has 5 nitrogen and oxygen atoms in total. The molecule has 0 radical (unpaired) electrons. The lowest BCUT2D eigenvalue weighted by molar-refractivity contribution is -0.0402. The van der Waals surface area contributed by atoms with Crippen LogP contribution in [-0.4, -0.2) is 44.4 Å². The van der Waals surface area contributed by atoms with E-state index >= 15 is 0 Å². The van der Waals surface area contributed by atoms with Crippen molar-refractivity contribution in [1.29, 1.82) is 5.26 Å². The Morgan fingerprint density at radius 1 is 1.61 bits per heavy atom. The molecule has 0 saturated carbocycles. The zero-order chi connectivity index (χ0) is 13.0. The van der Waals surface area contributed by atoms with Gasteiger partial charge in [0.2, 0.25) is 0 Å². The Bertz CT molecular complexity index is 456. The average Bonchev–Trinajstić information content (AvgIpc) is 2.37. The standard InChI is InChI=1S/C13H17N3O2/c1-16-4-5-17-11(8-16)9-18-13-3-2-10(7-14)6-12(13)15/h2-3,6,11H,4-5,8-9,15H2,1H3. The van der Waals surface area contributed by atoms with Crippen LogP contribution in [0.25, 0.3) is 0 Å². The smallest absolute Gasteiger partial charge is 0.142 e. The molecule has 0 bridgehead atoms. The zero-order valence-electron chi connectivity index (χ0n) is 10.4. The Labute approximate surface area is 107 Å². The summed E-state index contributed by atoms with van der Waals surface area (Å²) in [6, 6.07) is 7.07. The normalized spacial score (nSPS) is 20.3. The number of nitrogens with zero attached hydrogens (tertiary/aromatic N) is 2. The molecule has 1 aliphatic heterocycles. The minimum atomic E-state index is 0.0683. The summed E-state index contributed by atoms with van der Waals surface area (Å²) in [7, 11) is 2.06. The monoisotopic (exact) mass is 247 g/mol. The minimum Gasteiger partial charge on any atom is -0.489 e. The van der Waals surface area contributed by atoms with E-state index in [4.69, 9.17) is 20.5 Å². The highest BCUT2D eigenvalue weighted by Crippen LogP contribution is 2.22. The molecule has 0 aliphatic carbocycles. The Kier molecular flexibility index (Phi) is 4.03. The van der Waals surface area contributed by atoms with Crippen LogP contribution in [0.5, 0.6) is 5.75 Å². The van der Waals surface area contributed by atoms with E-state index < -0.39 is 0 Å². The fraction of sp³-hybridized carbons (Fsp3) is 0.462. The summed E-state index contributed by atoms with van der Waals surface area (Å²) in [5, 5.41) is 8.74. The van der Waals surface area contributed by atoms with Crippen molar-refractivity contribution in [3.8, 4) is 11.8 Å². The van der Waals surface area contributed by atoms with Crippen LogP contribution in [0.3, 0.4) is 0 Å². The largest absolute Gasteiger partial charge is 0.489 e. The number of benzene rings is 1. The van der Waals surface area contributed by atoms with E-state index in [2.05, 4.69) is 11.9 Å². The number of hydrogen-bond donors (Lipinski definition) is 1. The Hall–Kier alpha value is -1.77. The van der Waals surface area contributed by atoms with Gasteiger partial charge < -0.3 is 20.1 Å². The zero-order valence-corrected chi connectivity index (χ0v) is 10.4. The first-order chi connectivity index (χ1) is 8.69. The second kappa shape index (κ2) is 5.71. The molecule has 2 N–H and O–H groups in total. The van der Waals surface area contributed by atoms with Crippen molar-refractivity contribution in [3.63, 3.8) is 0 Å². The summed E-state index contributed by atoms with van der Waals surface area (Å²) < 4.78 is 11.2. The number of nitrogen functional groups attached to an aromatic ring is 1. The molecule has 5 heteroatoms. The Morgan fingerprint density at radius 3 is 3.11 bits per heavy atom. The minimum absolute atomic E-state index is 0.0683. The molecule has 0 aromatic heterocycles. The van der Waals surface area contributed by atoms with Crippen molar-refractivity contribution in [3.05, 3.63) is 23.8 Å². The molecule has 1 aromatic rings. The molecule has 18 heavy (non-hydrogen) atoms. The number of ether oxygens (including phenoxy) is 2. The lowest BCUT2D eigenvalue weighted by Crippen LogP contribution is -2.42. The molecule has 0 amide bonds. The summed E-state index contributed by atoms with van der Waals surface area (Å²) in [5.74, 6) is 0.603. The number of hydrogen-bond acceptors (Lipinski definition) is 5. The van der Waals surface area contributed by atoms with E-state index in [0.717, 1.165) is 19.7 Å². The SMILES string of the molecule is CN1CCOC(COc2ccc(C#N)cc2N)C1. The molecule has 2 rings (SSSR count). The second-order valence-corrected chi connectivity index (χ2v) is 4.43. The number of rotatable bonds is 3. The Balaban J connectivity index is 1.92. The summed E-state index contributed by atoms with van der Waals surface area (Å²) in [5.41, 5.74) is 6.83. The molecule has 1 unspecified atom stereocenters. The van der Waals surface area contributed by atoms with Crippen LogP contribution in [0.2, 0.25) is 0 Å². The van der Waals surface area contributed by atoms with Gasteiger partial charge in [0, 0.05) is 13.1 Å². The van der Waals surface area contributed by atoms with Gasteiger partial charge in [-0.05, 0) is 25.2 Å². The molecule has 1 fully saturated rings. The van der Waals surface area contributed by atoms with E-state index in [-0.39, 0.29) is 6.10 Å². The third-order valence-corrected chi connectivity index (χ3v) is 2.91. The molecule has 1 aliphatic rings. The summed E-state index contributed by atoms with van der Waals surface area (Å²) in [4.78, 5) is 2.21. The average molecular weight is 247 g/mol. The van der Waals surface area contributed by atoms with Gasteiger partial charge in [0.25, 0.3) is 0 Å². The van der Waals surface area contributed by atoms with Gasteiger partial charge in [-0.3, -0.25) is 0 Å². The molecule has 1 saturated heterocycles. The first kappa shape index (κ1) is 12.7. The third kappa shape index (κ3) is 3.13. The van der Waals surface area contributed by atoms with Crippen molar-refractivity contribution < 1.29 is 9.47 Å². The van der Waals surface area contributed by atoms with Gasteiger partial charge in [-0.15, -0.1) is 0 Å². The van der Waals surface area contributed by atoms with Crippen molar-refractivity contribution in [2.75, 3.05) is 39.1 Å². The number of nitriles is 1. The van der Waals surface area contributed by atoms with Crippen molar-refractivity contribution in [2.45, 2.75) is 6.10 Å². The van der Waals surface area contributed by atoms with Gasteiger partial charge in [-0.2, -0.15) is 5.26 Å². The van der Waals surface area contributed by atoms with Gasteiger partial charge in [-0.1, -0.05) is 0 Å². The number of nitrogens with two attached hydrogens (primary N) is 1. The summed E-state index contributed by atoms with van der Waals surface area (Å²) in [6.07, 6.45) is 0.0683. The van der Waals surface area contributed by atoms with Crippen molar-refractivity contribution in [2.24, 2.45) is 0 Å². The van der Waals surface area contributed by atoms with Crippen LogP contribution >= 0.6 is 0 Å². The molecular weight excluding hydrogens is 230 g/mol. The molecule has 1 atom stereocenters. The number of anilines is 1. The van der Waals surface area contributed by atoms with Gasteiger partial charge >= 0.3 is 0 Å². The van der Waals surface area contributed by atoms with Crippen molar-refractivity contribution in [1.82, 2.24) is 4.90 Å². The van der Waals surface area contributed by atoms with E-state index in [9.17, 15) is 0 Å². The van der Waals surface area contributed by atoms with Gasteiger partial charge in [0.05, 0.1) is 23.9 Å². The summed E-state index contributed by atoms with van der Waals surface area (Å²) in [6.45, 7) is 3.01. The maximum Gasteiger partial charge on any atom is 0.142 e. The number of likely N-dealkylation sites (N-methyl/N-ethyl adjacent to an activating group) is 1. The maximum atomic E-state index is 8.74. The highest BCUT2D eigenvalue weighted by atomic mass is 16.5. The maximum absolute atomic E-state index is 8.74. The highest BCUT2D eigenvalue weighted by Gasteiger charge is 2.18. The van der Waals surface area contributed by atoms with Crippen LogP contribution in [0, 0.1) is 11.3 Å². The van der Waals surface area contributed by atoms with Crippen molar-refractivity contribution >= 4 is 5.69 Å². The van der Waals surface area contributed by atoms with Gasteiger partial charge in [-0.25, -0.2) is 0 Å².